The van der Waals surface area contributed by atoms with Crippen LogP contribution in [0, 0.1) is 0 Å². The number of carbonyl (C=O) groups excluding carboxylic acids is 1. The average Bonchev–Trinajstić information content (AvgIpc) is 2.58. The van der Waals surface area contributed by atoms with Gasteiger partial charge in [-0.05, 0) is 37.0 Å². The molecule has 1 atom stereocenters. The fourth-order valence-electron chi connectivity index (χ4n) is 2.42. The van der Waals surface area contributed by atoms with Crippen LogP contribution < -0.4 is 5.73 Å². The Morgan fingerprint density at radius 3 is 3.06 bits per heavy atom. The molecule has 1 aromatic carbocycles. The van der Waals surface area contributed by atoms with Crippen molar-refractivity contribution in [1.82, 2.24) is 0 Å². The van der Waals surface area contributed by atoms with Crippen LogP contribution in [0.5, 0.6) is 0 Å². The van der Waals surface area contributed by atoms with Gasteiger partial charge in [-0.1, -0.05) is 23.7 Å². The molecule has 3 nitrogen and oxygen atoms in total. The molecule has 2 rings (SSSR count). The third-order valence-corrected chi connectivity index (χ3v) is 3.60. The summed E-state index contributed by atoms with van der Waals surface area (Å²) < 4.78 is 4.96. The lowest BCUT2D eigenvalue weighted by Crippen LogP contribution is -2.37. The van der Waals surface area contributed by atoms with Crippen LogP contribution in [-0.4, -0.2) is 12.6 Å². The summed E-state index contributed by atoms with van der Waals surface area (Å²) in [4.78, 5) is 11.6. The first-order chi connectivity index (χ1) is 8.07. The summed E-state index contributed by atoms with van der Waals surface area (Å²) in [6.45, 7) is 2.18. The van der Waals surface area contributed by atoms with Gasteiger partial charge in [0.05, 0.1) is 18.6 Å². The van der Waals surface area contributed by atoms with Gasteiger partial charge in [0.2, 0.25) is 0 Å². The minimum atomic E-state index is -0.619. The minimum Gasteiger partial charge on any atom is -0.466 e. The minimum absolute atomic E-state index is 0.216. The molecule has 0 spiro atoms. The first-order valence-electron chi connectivity index (χ1n) is 5.79. The van der Waals surface area contributed by atoms with E-state index in [1.54, 1.807) is 6.92 Å². The summed E-state index contributed by atoms with van der Waals surface area (Å²) in [5.74, 6) is -0.247. The second-order valence-electron chi connectivity index (χ2n) is 4.40. The molecule has 0 amide bonds. The number of fused-ring (bicyclic) bond motifs is 1. The Kier molecular flexibility index (Phi) is 3.40. The largest absolute Gasteiger partial charge is 0.466 e. The van der Waals surface area contributed by atoms with Crippen molar-refractivity contribution in [2.75, 3.05) is 6.61 Å². The van der Waals surface area contributed by atoms with Gasteiger partial charge in [0.25, 0.3) is 0 Å². The third kappa shape index (κ3) is 2.31. The van der Waals surface area contributed by atoms with Gasteiger partial charge in [-0.3, -0.25) is 4.79 Å². The lowest BCUT2D eigenvalue weighted by molar-refractivity contribution is -0.144. The zero-order valence-corrected chi connectivity index (χ0v) is 10.6. The predicted octanol–water partition coefficient (Wildman–Crippen LogP) is 2.39. The van der Waals surface area contributed by atoms with Crippen molar-refractivity contribution in [3.05, 3.63) is 34.3 Å². The Labute approximate surface area is 106 Å². The van der Waals surface area contributed by atoms with E-state index >= 15 is 0 Å². The molecular formula is C13H16ClNO2. The number of halogens is 1. The van der Waals surface area contributed by atoms with Crippen LogP contribution in [0.4, 0.5) is 0 Å². The Bertz CT molecular complexity index is 447. The molecule has 17 heavy (non-hydrogen) atoms. The number of nitrogens with two attached hydrogens (primary N) is 1. The van der Waals surface area contributed by atoms with Crippen molar-refractivity contribution in [1.29, 1.82) is 0 Å². The van der Waals surface area contributed by atoms with Crippen LogP contribution in [0.25, 0.3) is 0 Å². The Hall–Kier alpha value is -1.06. The van der Waals surface area contributed by atoms with E-state index in [1.165, 1.54) is 0 Å². The highest BCUT2D eigenvalue weighted by Crippen LogP contribution is 2.40. The molecule has 0 bridgehead atoms. The molecule has 0 saturated heterocycles. The molecule has 0 radical (unpaired) electrons. The SMILES string of the molecule is CCOC(=O)CC1(N)CCc2c(Cl)cccc21. The standard InChI is InChI=1S/C13H16ClNO2/c1-2-17-12(16)8-13(15)7-6-9-10(13)4-3-5-11(9)14/h3-5H,2,6-8,15H2,1H3. The van der Waals surface area contributed by atoms with E-state index in [2.05, 4.69) is 0 Å². The van der Waals surface area contributed by atoms with Crippen molar-refractivity contribution >= 4 is 17.6 Å². The monoisotopic (exact) mass is 253 g/mol. The molecule has 1 aromatic rings. The van der Waals surface area contributed by atoms with Crippen molar-refractivity contribution < 1.29 is 9.53 Å². The molecule has 1 unspecified atom stereocenters. The molecular weight excluding hydrogens is 238 g/mol. The summed E-state index contributed by atoms with van der Waals surface area (Å²) in [6, 6.07) is 5.68. The second-order valence-corrected chi connectivity index (χ2v) is 4.81. The predicted molar refractivity (Wildman–Crippen MR) is 66.9 cm³/mol. The number of benzene rings is 1. The van der Waals surface area contributed by atoms with Crippen LogP contribution in [-0.2, 0) is 21.5 Å². The van der Waals surface area contributed by atoms with Crippen molar-refractivity contribution in [3.8, 4) is 0 Å². The smallest absolute Gasteiger partial charge is 0.307 e. The van der Waals surface area contributed by atoms with E-state index in [-0.39, 0.29) is 12.4 Å². The van der Waals surface area contributed by atoms with E-state index in [4.69, 9.17) is 22.1 Å². The summed E-state index contributed by atoms with van der Waals surface area (Å²) in [5.41, 5.74) is 7.75. The first-order valence-corrected chi connectivity index (χ1v) is 6.17. The Morgan fingerprint density at radius 1 is 1.59 bits per heavy atom. The number of hydrogen-bond acceptors (Lipinski definition) is 3. The molecule has 92 valence electrons. The van der Waals surface area contributed by atoms with Crippen LogP contribution in [0.2, 0.25) is 5.02 Å². The van der Waals surface area contributed by atoms with Gasteiger partial charge >= 0.3 is 5.97 Å². The van der Waals surface area contributed by atoms with Gasteiger partial charge in [0, 0.05) is 5.02 Å². The number of carbonyl (C=O) groups is 1. The maximum absolute atomic E-state index is 11.6. The molecule has 0 saturated carbocycles. The molecule has 0 fully saturated rings. The molecule has 4 heteroatoms. The molecule has 1 aliphatic rings. The van der Waals surface area contributed by atoms with Gasteiger partial charge in [0.15, 0.2) is 0 Å². The normalized spacial score (nSPS) is 22.3. The highest BCUT2D eigenvalue weighted by Gasteiger charge is 2.38. The molecule has 0 heterocycles. The van der Waals surface area contributed by atoms with E-state index < -0.39 is 5.54 Å². The highest BCUT2D eigenvalue weighted by molar-refractivity contribution is 6.31. The first kappa shape index (κ1) is 12.4. The van der Waals surface area contributed by atoms with Crippen LogP contribution in [0.15, 0.2) is 18.2 Å². The Morgan fingerprint density at radius 2 is 2.35 bits per heavy atom. The maximum Gasteiger partial charge on any atom is 0.307 e. The zero-order valence-electron chi connectivity index (χ0n) is 9.83. The van der Waals surface area contributed by atoms with Gasteiger partial charge in [0.1, 0.15) is 0 Å². The summed E-state index contributed by atoms with van der Waals surface area (Å²) in [5, 5.41) is 0.735. The van der Waals surface area contributed by atoms with E-state index in [9.17, 15) is 4.79 Å². The lowest BCUT2D eigenvalue weighted by atomic mass is 9.89. The fraction of sp³-hybridized carbons (Fsp3) is 0.462. The van der Waals surface area contributed by atoms with Crippen molar-refractivity contribution in [2.45, 2.75) is 31.7 Å². The Balaban J connectivity index is 2.25. The molecule has 0 aliphatic heterocycles. The van der Waals surface area contributed by atoms with Crippen LogP contribution in [0.1, 0.15) is 30.9 Å². The van der Waals surface area contributed by atoms with E-state index in [0.717, 1.165) is 29.0 Å². The fourth-order valence-corrected chi connectivity index (χ4v) is 2.68. The number of esters is 1. The van der Waals surface area contributed by atoms with Gasteiger partial charge < -0.3 is 10.5 Å². The summed E-state index contributed by atoms with van der Waals surface area (Å²) >= 11 is 6.12. The van der Waals surface area contributed by atoms with Crippen molar-refractivity contribution in [3.63, 3.8) is 0 Å². The topological polar surface area (TPSA) is 52.3 Å². The van der Waals surface area contributed by atoms with Gasteiger partial charge in [-0.15, -0.1) is 0 Å². The quantitative estimate of drug-likeness (QED) is 0.842. The number of hydrogen-bond donors (Lipinski definition) is 1. The number of rotatable bonds is 3. The zero-order chi connectivity index (χ0) is 12.5. The third-order valence-electron chi connectivity index (χ3n) is 3.24. The summed E-state index contributed by atoms with van der Waals surface area (Å²) in [6.07, 6.45) is 1.78. The maximum atomic E-state index is 11.6. The second kappa shape index (κ2) is 4.67. The van der Waals surface area contributed by atoms with E-state index in [1.807, 2.05) is 18.2 Å². The molecule has 1 aliphatic carbocycles. The molecule has 2 N–H and O–H groups in total. The highest BCUT2D eigenvalue weighted by atomic mass is 35.5. The van der Waals surface area contributed by atoms with Gasteiger partial charge in [-0.25, -0.2) is 0 Å². The molecule has 0 aromatic heterocycles. The van der Waals surface area contributed by atoms with Crippen LogP contribution >= 0.6 is 11.6 Å². The lowest BCUT2D eigenvalue weighted by Gasteiger charge is -2.24. The number of ether oxygens (including phenoxy) is 1. The van der Waals surface area contributed by atoms with E-state index in [0.29, 0.717) is 6.61 Å². The summed E-state index contributed by atoms with van der Waals surface area (Å²) in [7, 11) is 0. The average molecular weight is 254 g/mol. The van der Waals surface area contributed by atoms with Gasteiger partial charge in [-0.2, -0.15) is 0 Å². The van der Waals surface area contributed by atoms with Crippen molar-refractivity contribution in [2.24, 2.45) is 5.73 Å². The van der Waals surface area contributed by atoms with Crippen LogP contribution in [0.3, 0.4) is 0 Å².